The number of phenolic OH excluding ortho intramolecular Hbond substituents is 1. The molecule has 210 valence electrons. The molecule has 0 aliphatic carbocycles. The number of methoxy groups -OCH3 is 1. The molecule has 0 spiro atoms. The summed E-state index contributed by atoms with van der Waals surface area (Å²) in [7, 11) is 1.59. The lowest BCUT2D eigenvalue weighted by Gasteiger charge is -2.36. The molecule has 3 aromatic rings. The molecule has 39 heavy (non-hydrogen) atoms. The Morgan fingerprint density at radius 2 is 1.67 bits per heavy atom. The Morgan fingerprint density at radius 1 is 1.00 bits per heavy atom. The second kappa shape index (κ2) is 12.2. The van der Waals surface area contributed by atoms with E-state index >= 15 is 0 Å². The maximum atomic E-state index is 13.1. The van der Waals surface area contributed by atoms with E-state index in [1.807, 2.05) is 32.0 Å². The summed E-state index contributed by atoms with van der Waals surface area (Å²) in [6, 6.07) is 12.1. The van der Waals surface area contributed by atoms with Crippen molar-refractivity contribution in [3.05, 3.63) is 53.3 Å². The van der Waals surface area contributed by atoms with Crippen LogP contribution < -0.4 is 10.1 Å². The van der Waals surface area contributed by atoms with Gasteiger partial charge in [0.15, 0.2) is 5.82 Å². The molecule has 9 heteroatoms. The first-order valence-electron chi connectivity index (χ1n) is 13.8. The van der Waals surface area contributed by atoms with Crippen LogP contribution >= 0.6 is 0 Å². The number of amides is 1. The number of nitrogens with one attached hydrogen (secondary N) is 1. The van der Waals surface area contributed by atoms with Gasteiger partial charge in [0.25, 0.3) is 5.91 Å². The molecular formula is C30H42N6O3. The number of rotatable bonds is 9. The van der Waals surface area contributed by atoms with Crippen molar-refractivity contribution in [3.8, 4) is 28.6 Å². The van der Waals surface area contributed by atoms with Crippen LogP contribution in [0.15, 0.2) is 36.4 Å². The smallest absolute Gasteiger partial charge is 0.289 e. The predicted molar refractivity (Wildman–Crippen MR) is 154 cm³/mol. The summed E-state index contributed by atoms with van der Waals surface area (Å²) in [4.78, 5) is 18.1. The van der Waals surface area contributed by atoms with Gasteiger partial charge in [-0.05, 0) is 62.9 Å². The van der Waals surface area contributed by atoms with Crippen LogP contribution in [0.5, 0.6) is 11.5 Å². The molecule has 1 saturated heterocycles. The molecule has 0 bridgehead atoms. The van der Waals surface area contributed by atoms with Crippen LogP contribution in [0, 0.1) is 0 Å². The lowest BCUT2D eigenvalue weighted by atomic mass is 9.98. The summed E-state index contributed by atoms with van der Waals surface area (Å²) in [5.74, 6) is 1.00. The number of phenols is 1. The standard InChI is InChI=1S/C30H42N6O3/c1-19(2)24-16-25(26(37)17-27(24)39-7)28-32-33-29(30(38)31-20(3)4)36(28)23-10-8-22(9-11-23)18-34-12-14-35(15-13-34)21(5)6/h8-11,16-17,19-21,37H,12-15,18H2,1-7H3,(H,31,38). The highest BCUT2D eigenvalue weighted by Crippen LogP contribution is 2.38. The van der Waals surface area contributed by atoms with Gasteiger partial charge < -0.3 is 15.2 Å². The fourth-order valence-electron chi connectivity index (χ4n) is 5.02. The van der Waals surface area contributed by atoms with Crippen molar-refractivity contribution in [2.75, 3.05) is 33.3 Å². The van der Waals surface area contributed by atoms with Gasteiger partial charge in [-0.3, -0.25) is 19.2 Å². The number of ether oxygens (including phenoxy) is 1. The number of benzene rings is 2. The Hall–Kier alpha value is -3.43. The van der Waals surface area contributed by atoms with Crippen molar-refractivity contribution in [3.63, 3.8) is 0 Å². The molecule has 1 aliphatic rings. The maximum Gasteiger partial charge on any atom is 0.289 e. The number of piperazine rings is 1. The summed E-state index contributed by atoms with van der Waals surface area (Å²) >= 11 is 0. The maximum absolute atomic E-state index is 13.1. The number of aromatic nitrogens is 3. The highest BCUT2D eigenvalue weighted by atomic mass is 16.5. The van der Waals surface area contributed by atoms with Gasteiger partial charge in [-0.1, -0.05) is 26.0 Å². The highest BCUT2D eigenvalue weighted by molar-refractivity contribution is 5.92. The Kier molecular flexibility index (Phi) is 8.92. The molecule has 2 aromatic carbocycles. The van der Waals surface area contributed by atoms with Crippen LogP contribution in [0.25, 0.3) is 17.1 Å². The first kappa shape index (κ1) is 28.6. The minimum Gasteiger partial charge on any atom is -0.507 e. The monoisotopic (exact) mass is 534 g/mol. The van der Waals surface area contributed by atoms with Crippen molar-refractivity contribution in [1.29, 1.82) is 0 Å². The second-order valence-corrected chi connectivity index (χ2v) is 11.1. The van der Waals surface area contributed by atoms with Gasteiger partial charge in [0, 0.05) is 56.6 Å². The van der Waals surface area contributed by atoms with E-state index in [1.165, 1.54) is 5.56 Å². The quantitative estimate of drug-likeness (QED) is 0.419. The van der Waals surface area contributed by atoms with Crippen LogP contribution in [0.4, 0.5) is 0 Å². The number of carbonyl (C=O) groups is 1. The zero-order valence-corrected chi connectivity index (χ0v) is 24.2. The van der Waals surface area contributed by atoms with Crippen molar-refractivity contribution >= 4 is 5.91 Å². The fourth-order valence-corrected chi connectivity index (χ4v) is 5.02. The van der Waals surface area contributed by atoms with E-state index in [0.29, 0.717) is 23.2 Å². The summed E-state index contributed by atoms with van der Waals surface area (Å²) < 4.78 is 7.22. The van der Waals surface area contributed by atoms with Gasteiger partial charge in [-0.15, -0.1) is 10.2 Å². The van der Waals surface area contributed by atoms with Gasteiger partial charge in [0.05, 0.1) is 12.7 Å². The van der Waals surface area contributed by atoms with E-state index in [1.54, 1.807) is 17.7 Å². The molecule has 9 nitrogen and oxygen atoms in total. The van der Waals surface area contributed by atoms with E-state index in [9.17, 15) is 9.90 Å². The van der Waals surface area contributed by atoms with Gasteiger partial charge in [-0.25, -0.2) is 0 Å². The summed E-state index contributed by atoms with van der Waals surface area (Å²) in [5, 5.41) is 22.5. The number of nitrogens with zero attached hydrogens (tertiary/aromatic N) is 5. The number of hydrogen-bond donors (Lipinski definition) is 2. The van der Waals surface area contributed by atoms with E-state index in [2.05, 4.69) is 65.1 Å². The van der Waals surface area contributed by atoms with E-state index < -0.39 is 0 Å². The van der Waals surface area contributed by atoms with Crippen LogP contribution in [0.3, 0.4) is 0 Å². The molecule has 0 radical (unpaired) electrons. The van der Waals surface area contributed by atoms with Crippen LogP contribution in [0.2, 0.25) is 0 Å². The summed E-state index contributed by atoms with van der Waals surface area (Å²) in [6.45, 7) is 17.6. The Labute approximate surface area is 231 Å². The molecule has 1 aromatic heterocycles. The first-order chi connectivity index (χ1) is 18.6. The highest BCUT2D eigenvalue weighted by Gasteiger charge is 2.25. The van der Waals surface area contributed by atoms with Crippen LogP contribution in [0.1, 0.15) is 69.2 Å². The zero-order valence-electron chi connectivity index (χ0n) is 24.2. The van der Waals surface area contributed by atoms with Crippen LogP contribution in [-0.4, -0.2) is 81.0 Å². The topological polar surface area (TPSA) is 95.8 Å². The average molecular weight is 535 g/mol. The fraction of sp³-hybridized carbons (Fsp3) is 0.500. The molecule has 2 N–H and O–H groups in total. The zero-order chi connectivity index (χ0) is 28.3. The Bertz CT molecular complexity index is 1270. The van der Waals surface area contributed by atoms with E-state index in [0.717, 1.165) is 44.0 Å². The average Bonchev–Trinajstić information content (AvgIpc) is 3.33. The number of aromatic hydroxyl groups is 1. The van der Waals surface area contributed by atoms with Crippen LogP contribution in [-0.2, 0) is 6.54 Å². The minimum atomic E-state index is -0.326. The van der Waals surface area contributed by atoms with Crippen molar-refractivity contribution in [2.45, 2.75) is 66.1 Å². The molecule has 0 atom stereocenters. The van der Waals surface area contributed by atoms with E-state index in [-0.39, 0.29) is 29.4 Å². The molecular weight excluding hydrogens is 492 g/mol. The molecule has 4 rings (SSSR count). The molecule has 1 fully saturated rings. The molecule has 0 unspecified atom stereocenters. The molecule has 1 aliphatic heterocycles. The third kappa shape index (κ3) is 6.42. The third-order valence-electron chi connectivity index (χ3n) is 7.23. The second-order valence-electron chi connectivity index (χ2n) is 11.1. The molecule has 0 saturated carbocycles. The van der Waals surface area contributed by atoms with Gasteiger partial charge >= 0.3 is 0 Å². The molecule has 2 heterocycles. The van der Waals surface area contributed by atoms with Crippen molar-refractivity contribution in [2.24, 2.45) is 0 Å². The summed E-state index contributed by atoms with van der Waals surface area (Å²) in [5.41, 5.74) is 3.37. The lowest BCUT2D eigenvalue weighted by Crippen LogP contribution is -2.48. The minimum absolute atomic E-state index is 0.0119. The van der Waals surface area contributed by atoms with Gasteiger partial charge in [-0.2, -0.15) is 0 Å². The Balaban J connectivity index is 1.69. The van der Waals surface area contributed by atoms with Gasteiger partial charge in [0.2, 0.25) is 5.82 Å². The summed E-state index contributed by atoms with van der Waals surface area (Å²) in [6.07, 6.45) is 0. The third-order valence-corrected chi connectivity index (χ3v) is 7.23. The largest absolute Gasteiger partial charge is 0.507 e. The predicted octanol–water partition coefficient (Wildman–Crippen LogP) is 4.44. The number of hydrogen-bond acceptors (Lipinski definition) is 7. The Morgan fingerprint density at radius 3 is 2.23 bits per heavy atom. The molecule has 1 amide bonds. The van der Waals surface area contributed by atoms with Crippen molar-refractivity contribution < 1.29 is 14.6 Å². The normalized spacial score (nSPS) is 14.9. The van der Waals surface area contributed by atoms with E-state index in [4.69, 9.17) is 4.74 Å². The lowest BCUT2D eigenvalue weighted by molar-refractivity contribution is 0.0930. The first-order valence-corrected chi connectivity index (χ1v) is 13.8. The SMILES string of the molecule is COc1cc(O)c(-c2nnc(C(=O)NC(C)C)n2-c2ccc(CN3CCN(C(C)C)CC3)cc2)cc1C(C)C. The number of carbonyl (C=O) groups excluding carboxylic acids is 1. The van der Waals surface area contributed by atoms with Crippen molar-refractivity contribution in [1.82, 2.24) is 29.9 Å². The van der Waals surface area contributed by atoms with Gasteiger partial charge in [0.1, 0.15) is 11.5 Å².